The Morgan fingerprint density at radius 2 is 1.68 bits per heavy atom. The van der Waals surface area contributed by atoms with Gasteiger partial charge < -0.3 is 10.1 Å². The van der Waals surface area contributed by atoms with E-state index in [1.165, 1.54) is 12.1 Å². The summed E-state index contributed by atoms with van der Waals surface area (Å²) in [5, 5.41) is 2.74. The molecule has 7 heteroatoms. The number of hydrogen-bond donors (Lipinski definition) is 2. The third kappa shape index (κ3) is 6.67. The third-order valence-electron chi connectivity index (χ3n) is 4.65. The predicted molar refractivity (Wildman–Crippen MR) is 122 cm³/mol. The van der Waals surface area contributed by atoms with Gasteiger partial charge in [-0.1, -0.05) is 42.5 Å². The average Bonchev–Trinajstić information content (AvgIpc) is 2.75. The van der Waals surface area contributed by atoms with Crippen molar-refractivity contribution in [1.82, 2.24) is 4.72 Å². The second kappa shape index (κ2) is 10.2. The monoisotopic (exact) mass is 438 g/mol. The molecule has 0 fully saturated rings. The van der Waals surface area contributed by atoms with Gasteiger partial charge in [0.25, 0.3) is 5.91 Å². The summed E-state index contributed by atoms with van der Waals surface area (Å²) in [6.45, 7) is 3.91. The van der Waals surface area contributed by atoms with Crippen molar-refractivity contribution in [2.75, 3.05) is 11.9 Å². The summed E-state index contributed by atoms with van der Waals surface area (Å²) >= 11 is 0. The molecule has 0 heterocycles. The second-order valence-corrected chi connectivity index (χ2v) is 8.99. The van der Waals surface area contributed by atoms with E-state index in [9.17, 15) is 13.2 Å². The van der Waals surface area contributed by atoms with Crippen molar-refractivity contribution in [3.05, 3.63) is 90.0 Å². The first-order valence-corrected chi connectivity index (χ1v) is 11.5. The molecule has 0 aliphatic heterocycles. The Labute approximate surface area is 183 Å². The fraction of sp³-hybridized carbons (Fsp3) is 0.208. The quantitative estimate of drug-likeness (QED) is 0.530. The highest BCUT2D eigenvalue weighted by atomic mass is 32.2. The number of ether oxygens (including phenoxy) is 1. The number of nitrogens with one attached hydrogen (secondary N) is 2. The maximum Gasteiger partial charge on any atom is 0.265 e. The fourth-order valence-electron chi connectivity index (χ4n) is 2.97. The number of anilines is 1. The van der Waals surface area contributed by atoms with E-state index in [2.05, 4.69) is 10.0 Å². The molecule has 162 valence electrons. The lowest BCUT2D eigenvalue weighted by Crippen LogP contribution is -2.30. The third-order valence-corrected chi connectivity index (χ3v) is 6.13. The molecule has 1 unspecified atom stereocenters. The van der Waals surface area contributed by atoms with Crippen LogP contribution in [0.2, 0.25) is 0 Å². The van der Waals surface area contributed by atoms with Crippen molar-refractivity contribution in [1.29, 1.82) is 0 Å². The zero-order chi connectivity index (χ0) is 22.3. The van der Waals surface area contributed by atoms with E-state index in [1.807, 2.05) is 55.5 Å². The Morgan fingerprint density at radius 1 is 0.968 bits per heavy atom. The molecule has 0 spiro atoms. The van der Waals surface area contributed by atoms with Gasteiger partial charge in [0.15, 0.2) is 6.10 Å². The molecule has 0 aliphatic carbocycles. The molecule has 31 heavy (non-hydrogen) atoms. The summed E-state index contributed by atoms with van der Waals surface area (Å²) in [6, 6.07) is 23.2. The van der Waals surface area contributed by atoms with Crippen LogP contribution in [0.25, 0.3) is 0 Å². The van der Waals surface area contributed by atoms with E-state index in [0.29, 0.717) is 24.4 Å². The van der Waals surface area contributed by atoms with Gasteiger partial charge in [0.05, 0.1) is 4.90 Å². The molecule has 3 aromatic rings. The van der Waals surface area contributed by atoms with Crippen molar-refractivity contribution < 1.29 is 17.9 Å². The van der Waals surface area contributed by atoms with Gasteiger partial charge in [0, 0.05) is 12.2 Å². The molecule has 1 amide bonds. The van der Waals surface area contributed by atoms with Gasteiger partial charge in [-0.3, -0.25) is 4.79 Å². The largest absolute Gasteiger partial charge is 0.481 e. The van der Waals surface area contributed by atoms with Crippen LogP contribution in [0, 0.1) is 6.92 Å². The number of amides is 1. The molecule has 0 radical (unpaired) electrons. The minimum Gasteiger partial charge on any atom is -0.481 e. The molecule has 0 saturated heterocycles. The topological polar surface area (TPSA) is 84.5 Å². The summed E-state index contributed by atoms with van der Waals surface area (Å²) in [5.74, 6) is 0.295. The van der Waals surface area contributed by atoms with Crippen LogP contribution < -0.4 is 14.8 Å². The van der Waals surface area contributed by atoms with Gasteiger partial charge in [-0.05, 0) is 67.8 Å². The summed E-state index contributed by atoms with van der Waals surface area (Å²) in [7, 11) is -3.62. The minimum atomic E-state index is -3.62. The summed E-state index contributed by atoms with van der Waals surface area (Å²) in [5.41, 5.74) is 2.59. The van der Waals surface area contributed by atoms with Crippen molar-refractivity contribution in [2.24, 2.45) is 0 Å². The average molecular weight is 439 g/mol. The molecule has 0 saturated carbocycles. The second-order valence-electron chi connectivity index (χ2n) is 7.22. The number of rotatable bonds is 9. The highest BCUT2D eigenvalue weighted by molar-refractivity contribution is 7.89. The number of benzene rings is 3. The number of aryl methyl sites for hydroxylation is 1. The Balaban J connectivity index is 1.54. The fourth-order valence-corrected chi connectivity index (χ4v) is 4.00. The standard InChI is InChI=1S/C24H26N2O4S/c1-18-7-6-10-22(17-18)30-19(2)24(27)26-21-11-13-23(14-12-21)31(28,29)25-16-15-20-8-4-3-5-9-20/h3-14,17,19,25H,15-16H2,1-2H3,(H,26,27). The lowest BCUT2D eigenvalue weighted by Gasteiger charge is -2.15. The molecule has 0 aliphatic rings. The summed E-state index contributed by atoms with van der Waals surface area (Å²) in [6.07, 6.45) is -0.0996. The van der Waals surface area contributed by atoms with E-state index in [4.69, 9.17) is 4.74 Å². The lowest BCUT2D eigenvalue weighted by atomic mass is 10.2. The van der Waals surface area contributed by atoms with E-state index in [-0.39, 0.29) is 10.8 Å². The van der Waals surface area contributed by atoms with Gasteiger partial charge in [-0.2, -0.15) is 0 Å². The van der Waals surface area contributed by atoms with Gasteiger partial charge in [0.1, 0.15) is 5.75 Å². The number of carbonyl (C=O) groups is 1. The Hall–Kier alpha value is -3.16. The molecule has 6 nitrogen and oxygen atoms in total. The summed E-state index contributed by atoms with van der Waals surface area (Å²) < 4.78 is 33.2. The Morgan fingerprint density at radius 3 is 2.35 bits per heavy atom. The first-order valence-electron chi connectivity index (χ1n) is 10.0. The van der Waals surface area contributed by atoms with Crippen LogP contribution in [0.1, 0.15) is 18.1 Å². The minimum absolute atomic E-state index is 0.141. The molecule has 3 rings (SSSR count). The van der Waals surface area contributed by atoms with E-state index < -0.39 is 16.1 Å². The van der Waals surface area contributed by atoms with Crippen LogP contribution in [0.4, 0.5) is 5.69 Å². The highest BCUT2D eigenvalue weighted by Crippen LogP contribution is 2.17. The molecule has 1 atom stereocenters. The van der Waals surface area contributed by atoms with Crippen LogP contribution in [0.15, 0.2) is 83.8 Å². The highest BCUT2D eigenvalue weighted by Gasteiger charge is 2.17. The van der Waals surface area contributed by atoms with Gasteiger partial charge >= 0.3 is 0 Å². The van der Waals surface area contributed by atoms with E-state index in [1.54, 1.807) is 25.1 Å². The SMILES string of the molecule is Cc1cccc(OC(C)C(=O)Nc2ccc(S(=O)(=O)NCCc3ccccc3)cc2)c1. The molecule has 3 aromatic carbocycles. The van der Waals surface area contributed by atoms with E-state index >= 15 is 0 Å². The molecule has 2 N–H and O–H groups in total. The van der Waals surface area contributed by atoms with Crippen LogP contribution in [-0.2, 0) is 21.2 Å². The van der Waals surface area contributed by atoms with Crippen molar-refractivity contribution in [2.45, 2.75) is 31.3 Å². The van der Waals surface area contributed by atoms with Crippen LogP contribution >= 0.6 is 0 Å². The lowest BCUT2D eigenvalue weighted by molar-refractivity contribution is -0.122. The van der Waals surface area contributed by atoms with Gasteiger partial charge in [-0.15, -0.1) is 0 Å². The van der Waals surface area contributed by atoms with Crippen LogP contribution in [0.5, 0.6) is 5.75 Å². The van der Waals surface area contributed by atoms with Crippen molar-refractivity contribution in [3.63, 3.8) is 0 Å². The zero-order valence-electron chi connectivity index (χ0n) is 17.5. The van der Waals surface area contributed by atoms with Gasteiger partial charge in [0.2, 0.25) is 10.0 Å². The number of carbonyl (C=O) groups excluding carboxylic acids is 1. The maximum absolute atomic E-state index is 12.5. The van der Waals surface area contributed by atoms with E-state index in [0.717, 1.165) is 11.1 Å². The molecule has 0 aromatic heterocycles. The Bertz CT molecular complexity index is 1110. The molecular weight excluding hydrogens is 412 g/mol. The smallest absolute Gasteiger partial charge is 0.265 e. The maximum atomic E-state index is 12.5. The first kappa shape index (κ1) is 22.5. The van der Waals surface area contributed by atoms with Crippen LogP contribution in [-0.4, -0.2) is 27.0 Å². The normalized spacial score (nSPS) is 12.2. The molecule has 0 bridgehead atoms. The first-order chi connectivity index (χ1) is 14.8. The van der Waals surface area contributed by atoms with Crippen LogP contribution in [0.3, 0.4) is 0 Å². The Kier molecular flexibility index (Phi) is 7.44. The van der Waals surface area contributed by atoms with Crippen molar-refractivity contribution in [3.8, 4) is 5.75 Å². The van der Waals surface area contributed by atoms with Gasteiger partial charge in [-0.25, -0.2) is 13.1 Å². The number of sulfonamides is 1. The zero-order valence-corrected chi connectivity index (χ0v) is 18.4. The predicted octanol–water partition coefficient (Wildman–Crippen LogP) is 3.92. The summed E-state index contributed by atoms with van der Waals surface area (Å²) in [4.78, 5) is 12.5. The number of hydrogen-bond acceptors (Lipinski definition) is 4. The molecular formula is C24H26N2O4S. The van der Waals surface area contributed by atoms with Crippen molar-refractivity contribution >= 4 is 21.6 Å².